The molecular weight excluding hydrogens is 497 g/mol. The molecule has 202 valence electrons. The Morgan fingerprint density at radius 2 is 1.62 bits per heavy atom. The van der Waals surface area contributed by atoms with Gasteiger partial charge in [0.05, 0.1) is 26.0 Å². The normalized spacial score (nSPS) is 13.9. The van der Waals surface area contributed by atoms with Crippen molar-refractivity contribution in [3.8, 4) is 0 Å². The van der Waals surface area contributed by atoms with Crippen LogP contribution in [0.2, 0.25) is 0 Å². The zero-order chi connectivity index (χ0) is 27.0. The molecule has 0 atom stereocenters. The number of amides is 2. The van der Waals surface area contributed by atoms with Crippen molar-refractivity contribution in [1.29, 1.82) is 0 Å². The zero-order valence-electron chi connectivity index (χ0n) is 21.8. The van der Waals surface area contributed by atoms with E-state index in [1.54, 1.807) is 34.3 Å². The molecule has 0 spiro atoms. The average molecular weight is 530 g/mol. The molecule has 1 saturated heterocycles. The van der Waals surface area contributed by atoms with Crippen LogP contribution in [0, 0.1) is 5.82 Å². The van der Waals surface area contributed by atoms with E-state index in [-0.39, 0.29) is 37.3 Å². The topological polar surface area (TPSA) is 66.2 Å². The van der Waals surface area contributed by atoms with Gasteiger partial charge in [-0.15, -0.1) is 0 Å². The average Bonchev–Trinajstić information content (AvgIpc) is 3.49. The minimum Gasteiger partial charge on any atom is -0.467 e. The van der Waals surface area contributed by atoms with Crippen molar-refractivity contribution in [1.82, 2.24) is 14.7 Å². The number of rotatable bonds is 10. The standard InChI is InChI=1S/C31H32FN3O4/c32-26-12-10-24(11-13-26)21-35(22-27-7-4-18-39-27)30(36)23-34(15-14-33-16-19-38-20-17-33)31(37)29-9-3-6-25-5-1-2-8-28(25)29/h1-13,18H,14-17,19-23H2. The summed E-state index contributed by atoms with van der Waals surface area (Å²) in [6, 6.07) is 23.1. The van der Waals surface area contributed by atoms with Gasteiger partial charge in [0.15, 0.2) is 0 Å². The minimum absolute atomic E-state index is 0.0890. The number of morpholine rings is 1. The lowest BCUT2D eigenvalue weighted by Gasteiger charge is -2.31. The number of furan rings is 1. The summed E-state index contributed by atoms with van der Waals surface area (Å²) in [5.41, 5.74) is 1.36. The van der Waals surface area contributed by atoms with E-state index in [0.717, 1.165) is 29.4 Å². The Morgan fingerprint density at radius 1 is 0.846 bits per heavy atom. The van der Waals surface area contributed by atoms with Crippen molar-refractivity contribution in [2.75, 3.05) is 45.9 Å². The van der Waals surface area contributed by atoms with E-state index in [4.69, 9.17) is 9.15 Å². The number of carbonyl (C=O) groups is 2. The molecule has 0 saturated carbocycles. The van der Waals surface area contributed by atoms with Gasteiger partial charge in [-0.25, -0.2) is 4.39 Å². The Labute approximate surface area is 227 Å². The van der Waals surface area contributed by atoms with E-state index in [0.29, 0.717) is 37.6 Å². The van der Waals surface area contributed by atoms with Gasteiger partial charge in [-0.2, -0.15) is 0 Å². The molecule has 5 rings (SSSR count). The quantitative estimate of drug-likeness (QED) is 0.301. The Kier molecular flexibility index (Phi) is 8.65. The van der Waals surface area contributed by atoms with Gasteiger partial charge < -0.3 is 19.0 Å². The van der Waals surface area contributed by atoms with Gasteiger partial charge in [0, 0.05) is 38.3 Å². The fourth-order valence-electron chi connectivity index (χ4n) is 4.82. The second-order valence-electron chi connectivity index (χ2n) is 9.66. The van der Waals surface area contributed by atoms with Gasteiger partial charge in [-0.1, -0.05) is 48.5 Å². The van der Waals surface area contributed by atoms with Crippen LogP contribution in [-0.2, 0) is 22.6 Å². The first-order valence-electron chi connectivity index (χ1n) is 13.2. The van der Waals surface area contributed by atoms with Crippen LogP contribution in [-0.4, -0.2) is 72.5 Å². The molecule has 0 aliphatic carbocycles. The highest BCUT2D eigenvalue weighted by Crippen LogP contribution is 2.21. The summed E-state index contributed by atoms with van der Waals surface area (Å²) in [5.74, 6) is -0.109. The fraction of sp³-hybridized carbons (Fsp3) is 0.290. The van der Waals surface area contributed by atoms with Crippen LogP contribution in [0.5, 0.6) is 0 Å². The molecule has 0 radical (unpaired) electrons. The van der Waals surface area contributed by atoms with Gasteiger partial charge >= 0.3 is 0 Å². The summed E-state index contributed by atoms with van der Waals surface area (Å²) in [4.78, 5) is 33.3. The van der Waals surface area contributed by atoms with Gasteiger partial charge in [0.25, 0.3) is 5.91 Å². The molecular formula is C31H32FN3O4. The van der Waals surface area contributed by atoms with Crippen molar-refractivity contribution in [2.45, 2.75) is 13.1 Å². The van der Waals surface area contributed by atoms with Gasteiger partial charge in [0.1, 0.15) is 18.1 Å². The van der Waals surface area contributed by atoms with Crippen LogP contribution in [0.1, 0.15) is 21.7 Å². The van der Waals surface area contributed by atoms with Crippen LogP contribution >= 0.6 is 0 Å². The number of fused-ring (bicyclic) bond motifs is 1. The number of hydrogen-bond donors (Lipinski definition) is 0. The summed E-state index contributed by atoms with van der Waals surface area (Å²) in [7, 11) is 0. The van der Waals surface area contributed by atoms with Gasteiger partial charge in [0.2, 0.25) is 5.91 Å². The lowest BCUT2D eigenvalue weighted by Crippen LogP contribution is -2.47. The van der Waals surface area contributed by atoms with Crippen LogP contribution < -0.4 is 0 Å². The largest absolute Gasteiger partial charge is 0.467 e. The molecule has 1 aliphatic rings. The van der Waals surface area contributed by atoms with Crippen molar-refractivity contribution in [3.63, 3.8) is 0 Å². The molecule has 39 heavy (non-hydrogen) atoms. The lowest BCUT2D eigenvalue weighted by atomic mass is 10.0. The minimum atomic E-state index is -0.336. The molecule has 4 aromatic rings. The first-order valence-corrected chi connectivity index (χ1v) is 13.2. The van der Waals surface area contributed by atoms with Crippen molar-refractivity contribution < 1.29 is 23.1 Å². The van der Waals surface area contributed by atoms with E-state index in [1.165, 1.54) is 12.1 Å². The van der Waals surface area contributed by atoms with Crippen LogP contribution in [0.3, 0.4) is 0 Å². The summed E-state index contributed by atoms with van der Waals surface area (Å²) < 4.78 is 24.5. The molecule has 8 heteroatoms. The highest BCUT2D eigenvalue weighted by Gasteiger charge is 2.25. The van der Waals surface area contributed by atoms with Gasteiger partial charge in [-0.05, 0) is 46.7 Å². The number of halogens is 1. The third kappa shape index (κ3) is 6.90. The Bertz CT molecular complexity index is 1380. The fourth-order valence-corrected chi connectivity index (χ4v) is 4.82. The second-order valence-corrected chi connectivity index (χ2v) is 9.66. The molecule has 1 aromatic heterocycles. The lowest BCUT2D eigenvalue weighted by molar-refractivity contribution is -0.133. The molecule has 0 N–H and O–H groups in total. The molecule has 2 amide bonds. The predicted molar refractivity (Wildman–Crippen MR) is 146 cm³/mol. The van der Waals surface area contributed by atoms with Crippen LogP contribution in [0.25, 0.3) is 10.8 Å². The molecule has 2 heterocycles. The summed E-state index contributed by atoms with van der Waals surface area (Å²) in [5, 5.41) is 1.83. The number of nitrogens with zero attached hydrogens (tertiary/aromatic N) is 3. The van der Waals surface area contributed by atoms with Crippen LogP contribution in [0.15, 0.2) is 89.5 Å². The third-order valence-electron chi connectivity index (χ3n) is 6.99. The predicted octanol–water partition coefficient (Wildman–Crippen LogP) is 4.58. The highest BCUT2D eigenvalue weighted by atomic mass is 19.1. The summed E-state index contributed by atoms with van der Waals surface area (Å²) >= 11 is 0. The van der Waals surface area contributed by atoms with E-state index < -0.39 is 0 Å². The number of carbonyl (C=O) groups excluding carboxylic acids is 2. The zero-order valence-corrected chi connectivity index (χ0v) is 21.8. The van der Waals surface area contributed by atoms with E-state index in [9.17, 15) is 14.0 Å². The Morgan fingerprint density at radius 3 is 2.38 bits per heavy atom. The molecule has 3 aromatic carbocycles. The maximum Gasteiger partial charge on any atom is 0.254 e. The molecule has 1 fully saturated rings. The summed E-state index contributed by atoms with van der Waals surface area (Å²) in [6.07, 6.45) is 1.56. The Balaban J connectivity index is 1.39. The van der Waals surface area contributed by atoms with E-state index in [1.807, 2.05) is 48.5 Å². The Hall–Kier alpha value is -4.01. The maximum absolute atomic E-state index is 14.0. The summed E-state index contributed by atoms with van der Waals surface area (Å²) in [6.45, 7) is 4.35. The second kappa shape index (κ2) is 12.7. The number of benzene rings is 3. The van der Waals surface area contributed by atoms with Crippen molar-refractivity contribution in [3.05, 3.63) is 108 Å². The molecule has 1 aliphatic heterocycles. The van der Waals surface area contributed by atoms with Crippen molar-refractivity contribution >= 4 is 22.6 Å². The van der Waals surface area contributed by atoms with E-state index >= 15 is 0 Å². The van der Waals surface area contributed by atoms with E-state index in [2.05, 4.69) is 4.90 Å². The first-order chi connectivity index (χ1) is 19.1. The first kappa shape index (κ1) is 26.6. The molecule has 0 unspecified atom stereocenters. The van der Waals surface area contributed by atoms with Crippen molar-refractivity contribution in [2.24, 2.45) is 0 Å². The monoisotopic (exact) mass is 529 g/mol. The number of ether oxygens (including phenoxy) is 1. The third-order valence-corrected chi connectivity index (χ3v) is 6.99. The maximum atomic E-state index is 14.0. The smallest absolute Gasteiger partial charge is 0.254 e. The molecule has 7 nitrogen and oxygen atoms in total. The molecule has 0 bridgehead atoms. The highest BCUT2D eigenvalue weighted by molar-refractivity contribution is 6.07. The number of hydrogen-bond acceptors (Lipinski definition) is 5. The van der Waals surface area contributed by atoms with Gasteiger partial charge in [-0.3, -0.25) is 14.5 Å². The van der Waals surface area contributed by atoms with Crippen LogP contribution in [0.4, 0.5) is 4.39 Å². The SMILES string of the molecule is O=C(CN(CCN1CCOCC1)C(=O)c1cccc2ccccc12)N(Cc1ccc(F)cc1)Cc1ccco1.